The van der Waals surface area contributed by atoms with E-state index in [1.165, 1.54) is 12.3 Å². The summed E-state index contributed by atoms with van der Waals surface area (Å²) >= 11 is 0. The van der Waals surface area contributed by atoms with Gasteiger partial charge in [-0.2, -0.15) is 0 Å². The third kappa shape index (κ3) is 5.96. The van der Waals surface area contributed by atoms with E-state index in [-0.39, 0.29) is 24.6 Å². The molecule has 4 N–H and O–H groups in total. The zero-order valence-corrected chi connectivity index (χ0v) is 10.8. The van der Waals surface area contributed by atoms with Crippen LogP contribution in [0.15, 0.2) is 18.3 Å². The molecule has 8 heteroatoms. The number of nitrogens with one attached hydrogen (secondary N) is 1. The van der Waals surface area contributed by atoms with Crippen LogP contribution in [0.3, 0.4) is 0 Å². The van der Waals surface area contributed by atoms with Crippen molar-refractivity contribution in [2.45, 2.75) is 0 Å². The number of rotatable bonds is 4. The lowest BCUT2D eigenvalue weighted by molar-refractivity contribution is 0.0951. The van der Waals surface area contributed by atoms with E-state index in [0.29, 0.717) is 5.56 Å². The van der Waals surface area contributed by atoms with Crippen molar-refractivity contribution in [1.82, 2.24) is 10.3 Å². The van der Waals surface area contributed by atoms with Crippen molar-refractivity contribution in [2.75, 3.05) is 18.9 Å². The zero-order valence-electron chi connectivity index (χ0n) is 9.96. The average Bonchev–Trinajstić information content (AvgIpc) is 2.35. The summed E-state index contributed by atoms with van der Waals surface area (Å²) in [5, 5.41) is 15.7. The number of aliphatic hydroxyl groups excluding tert-OH is 1. The topological polar surface area (TPSA) is 122 Å². The lowest BCUT2D eigenvalue weighted by Crippen LogP contribution is -2.31. The van der Waals surface area contributed by atoms with E-state index in [4.69, 9.17) is 10.2 Å². The standard InChI is InChI=1S/C11H13N3O4S/c12-19(17,18)7-5-13-11(16)10-4-3-9(8-14-10)2-1-6-15/h3-4,8,15H,5-7H2,(H,13,16)(H2,12,17,18). The highest BCUT2D eigenvalue weighted by Gasteiger charge is 2.08. The Balaban J connectivity index is 2.58. The van der Waals surface area contributed by atoms with Gasteiger partial charge in [0.05, 0.1) is 5.75 Å². The second-order valence-corrected chi connectivity index (χ2v) is 5.25. The number of nitrogens with zero attached hydrogens (tertiary/aromatic N) is 1. The van der Waals surface area contributed by atoms with Crippen molar-refractivity contribution in [3.8, 4) is 11.8 Å². The number of primary sulfonamides is 1. The lowest BCUT2D eigenvalue weighted by atomic mass is 10.2. The Morgan fingerprint density at radius 2 is 2.21 bits per heavy atom. The van der Waals surface area contributed by atoms with E-state index in [1.54, 1.807) is 6.07 Å². The third-order valence-corrected chi connectivity index (χ3v) is 2.75. The first-order chi connectivity index (χ1) is 8.92. The highest BCUT2D eigenvalue weighted by Crippen LogP contribution is 1.98. The zero-order chi connectivity index (χ0) is 14.3. The molecule has 1 aromatic heterocycles. The summed E-state index contributed by atoms with van der Waals surface area (Å²) in [4.78, 5) is 15.4. The van der Waals surface area contributed by atoms with Gasteiger partial charge in [0.2, 0.25) is 10.0 Å². The van der Waals surface area contributed by atoms with Crippen LogP contribution in [-0.2, 0) is 10.0 Å². The van der Waals surface area contributed by atoms with E-state index >= 15 is 0 Å². The van der Waals surface area contributed by atoms with Gasteiger partial charge in [0.1, 0.15) is 12.3 Å². The number of pyridine rings is 1. The molecule has 0 spiro atoms. The molecule has 0 unspecified atom stereocenters. The molecule has 19 heavy (non-hydrogen) atoms. The molecule has 102 valence electrons. The highest BCUT2D eigenvalue weighted by molar-refractivity contribution is 7.89. The molecule has 1 amide bonds. The number of aromatic nitrogens is 1. The quantitative estimate of drug-likeness (QED) is 0.577. The van der Waals surface area contributed by atoms with Gasteiger partial charge >= 0.3 is 0 Å². The van der Waals surface area contributed by atoms with Gasteiger partial charge in [-0.15, -0.1) is 0 Å². The molecule has 0 aliphatic rings. The number of carbonyl (C=O) groups excluding carboxylic acids is 1. The fourth-order valence-electron chi connectivity index (χ4n) is 1.14. The number of nitrogens with two attached hydrogens (primary N) is 1. The predicted molar refractivity (Wildman–Crippen MR) is 68.5 cm³/mol. The van der Waals surface area contributed by atoms with Gasteiger partial charge in [-0.3, -0.25) is 4.79 Å². The Bertz CT molecular complexity index is 599. The lowest BCUT2D eigenvalue weighted by Gasteiger charge is -2.03. The Morgan fingerprint density at radius 3 is 2.74 bits per heavy atom. The normalized spacial score (nSPS) is 10.4. The fraction of sp³-hybridized carbons (Fsp3) is 0.273. The van der Waals surface area contributed by atoms with Gasteiger partial charge in [0.15, 0.2) is 0 Å². The fourth-order valence-corrected chi connectivity index (χ4v) is 1.53. The minimum absolute atomic E-state index is 0.0780. The number of amides is 1. The van der Waals surface area contributed by atoms with Gasteiger partial charge in [0.25, 0.3) is 5.91 Å². The van der Waals surface area contributed by atoms with Crippen LogP contribution in [0.25, 0.3) is 0 Å². The second kappa shape index (κ2) is 6.84. The van der Waals surface area contributed by atoms with Crippen molar-refractivity contribution >= 4 is 15.9 Å². The smallest absolute Gasteiger partial charge is 0.269 e. The Morgan fingerprint density at radius 1 is 1.47 bits per heavy atom. The van der Waals surface area contributed by atoms with Crippen molar-refractivity contribution in [3.63, 3.8) is 0 Å². The number of carbonyl (C=O) groups is 1. The minimum Gasteiger partial charge on any atom is -0.384 e. The molecular weight excluding hydrogens is 270 g/mol. The van der Waals surface area contributed by atoms with E-state index in [2.05, 4.69) is 22.1 Å². The molecule has 1 rings (SSSR count). The van der Waals surface area contributed by atoms with Crippen LogP contribution < -0.4 is 10.5 Å². The maximum absolute atomic E-state index is 11.6. The minimum atomic E-state index is -3.60. The van der Waals surface area contributed by atoms with Gasteiger partial charge in [-0.25, -0.2) is 18.5 Å². The molecule has 0 aliphatic heterocycles. The maximum atomic E-state index is 11.6. The molecular formula is C11H13N3O4S. The second-order valence-electron chi connectivity index (χ2n) is 3.51. The number of aliphatic hydroxyl groups is 1. The monoisotopic (exact) mass is 283 g/mol. The first-order valence-electron chi connectivity index (χ1n) is 5.27. The SMILES string of the molecule is NS(=O)(=O)CCNC(=O)c1ccc(C#CCO)cn1. The van der Waals surface area contributed by atoms with Gasteiger partial charge < -0.3 is 10.4 Å². The number of sulfonamides is 1. The average molecular weight is 283 g/mol. The number of hydrogen-bond donors (Lipinski definition) is 3. The van der Waals surface area contributed by atoms with Crippen molar-refractivity contribution in [1.29, 1.82) is 0 Å². The van der Waals surface area contributed by atoms with E-state index < -0.39 is 15.9 Å². The molecule has 1 aromatic rings. The van der Waals surface area contributed by atoms with Crippen LogP contribution >= 0.6 is 0 Å². The van der Waals surface area contributed by atoms with Gasteiger partial charge in [-0.05, 0) is 12.1 Å². The van der Waals surface area contributed by atoms with Crippen molar-refractivity contribution in [3.05, 3.63) is 29.6 Å². The van der Waals surface area contributed by atoms with Crippen LogP contribution in [0.2, 0.25) is 0 Å². The molecule has 0 radical (unpaired) electrons. The number of hydrogen-bond acceptors (Lipinski definition) is 5. The Labute approximate surface area is 110 Å². The molecule has 0 atom stereocenters. The van der Waals surface area contributed by atoms with Crippen molar-refractivity contribution in [2.24, 2.45) is 5.14 Å². The van der Waals surface area contributed by atoms with E-state index in [0.717, 1.165) is 0 Å². The molecule has 7 nitrogen and oxygen atoms in total. The third-order valence-electron chi connectivity index (χ3n) is 1.98. The van der Waals surface area contributed by atoms with E-state index in [9.17, 15) is 13.2 Å². The van der Waals surface area contributed by atoms with Crippen LogP contribution in [0.1, 0.15) is 16.1 Å². The summed E-state index contributed by atoms with van der Waals surface area (Å²) < 4.78 is 21.3. The Hall–Kier alpha value is -1.95. The summed E-state index contributed by atoms with van der Waals surface area (Å²) in [5.74, 6) is 4.25. The molecule has 0 saturated heterocycles. The highest BCUT2D eigenvalue weighted by atomic mass is 32.2. The summed E-state index contributed by atoms with van der Waals surface area (Å²) in [5.41, 5.74) is 0.708. The summed E-state index contributed by atoms with van der Waals surface area (Å²) in [6.45, 7) is -0.332. The molecule has 0 saturated carbocycles. The molecule has 0 aromatic carbocycles. The first-order valence-corrected chi connectivity index (χ1v) is 6.98. The van der Waals surface area contributed by atoms with Crippen LogP contribution in [0.5, 0.6) is 0 Å². The first kappa shape index (κ1) is 15.1. The van der Waals surface area contributed by atoms with Crippen molar-refractivity contribution < 1.29 is 18.3 Å². The van der Waals surface area contributed by atoms with E-state index in [1.807, 2.05) is 0 Å². The van der Waals surface area contributed by atoms with Gasteiger partial charge in [-0.1, -0.05) is 11.8 Å². The molecule has 1 heterocycles. The summed E-state index contributed by atoms with van der Waals surface area (Å²) in [7, 11) is -3.60. The van der Waals surface area contributed by atoms with Crippen LogP contribution in [0.4, 0.5) is 0 Å². The molecule has 0 fully saturated rings. The molecule has 0 aliphatic carbocycles. The molecule has 0 bridgehead atoms. The van der Waals surface area contributed by atoms with Crippen LogP contribution in [0, 0.1) is 11.8 Å². The largest absolute Gasteiger partial charge is 0.384 e. The van der Waals surface area contributed by atoms with Gasteiger partial charge in [0, 0.05) is 18.3 Å². The Kier molecular flexibility index (Phi) is 5.44. The van der Waals surface area contributed by atoms with Crippen LogP contribution in [-0.4, -0.2) is 43.3 Å². The summed E-state index contributed by atoms with van der Waals surface area (Å²) in [6, 6.07) is 3.03. The maximum Gasteiger partial charge on any atom is 0.269 e. The predicted octanol–water partition coefficient (Wildman–Crippen LogP) is -1.56. The summed E-state index contributed by atoms with van der Waals surface area (Å²) in [6.07, 6.45) is 1.39.